The van der Waals surface area contributed by atoms with Crippen LogP contribution in [0.25, 0.3) is 0 Å². The summed E-state index contributed by atoms with van der Waals surface area (Å²) >= 11 is 0. The van der Waals surface area contributed by atoms with Gasteiger partial charge in [0.05, 0.1) is 12.2 Å². The third kappa shape index (κ3) is 2.21. The van der Waals surface area contributed by atoms with Crippen molar-refractivity contribution in [2.45, 2.75) is 0 Å². The minimum atomic E-state index is -0.149. The molecule has 1 N–H and O–H groups in total. The Hall–Kier alpha value is -1.51. The Morgan fingerprint density at radius 1 is 1.54 bits per heavy atom. The molecule has 0 bridgehead atoms. The van der Waals surface area contributed by atoms with Crippen LogP contribution in [0.4, 0.5) is 0 Å². The first kappa shape index (κ1) is 9.58. The lowest BCUT2D eigenvalue weighted by Gasteiger charge is -2.07. The van der Waals surface area contributed by atoms with Crippen molar-refractivity contribution >= 4 is 5.91 Å². The van der Waals surface area contributed by atoms with Crippen molar-refractivity contribution in [2.24, 2.45) is 0 Å². The van der Waals surface area contributed by atoms with Gasteiger partial charge in [0, 0.05) is 7.05 Å². The molecule has 0 fully saturated rings. The molecule has 1 aromatic carbocycles. The molecule has 0 unspecified atom stereocenters. The molecule has 0 aliphatic carbocycles. The van der Waals surface area contributed by atoms with Gasteiger partial charge in [-0.05, 0) is 19.1 Å². The summed E-state index contributed by atoms with van der Waals surface area (Å²) in [6.07, 6.45) is 0. The van der Waals surface area contributed by atoms with Gasteiger partial charge in [-0.1, -0.05) is 12.1 Å². The summed E-state index contributed by atoms with van der Waals surface area (Å²) in [5, 5.41) is 2.54. The van der Waals surface area contributed by atoms with Crippen molar-refractivity contribution < 1.29 is 9.53 Å². The van der Waals surface area contributed by atoms with Gasteiger partial charge in [-0.3, -0.25) is 4.79 Å². The zero-order valence-corrected chi connectivity index (χ0v) is 7.54. The number of benzene rings is 1. The highest BCUT2D eigenvalue weighted by atomic mass is 16.5. The van der Waals surface area contributed by atoms with Gasteiger partial charge in [0.25, 0.3) is 5.91 Å². The molecule has 0 saturated carbocycles. The fourth-order valence-corrected chi connectivity index (χ4v) is 1.02. The molecule has 3 nitrogen and oxygen atoms in total. The summed E-state index contributed by atoms with van der Waals surface area (Å²) < 4.78 is 5.19. The van der Waals surface area contributed by atoms with Gasteiger partial charge < -0.3 is 10.1 Å². The lowest BCUT2D eigenvalue weighted by Crippen LogP contribution is -2.18. The number of para-hydroxylation sites is 1. The van der Waals surface area contributed by atoms with Crippen molar-refractivity contribution in [3.05, 3.63) is 36.8 Å². The van der Waals surface area contributed by atoms with E-state index in [0.29, 0.717) is 17.9 Å². The summed E-state index contributed by atoms with van der Waals surface area (Å²) in [6.45, 7) is 3.87. The van der Waals surface area contributed by atoms with Crippen molar-refractivity contribution in [1.29, 1.82) is 0 Å². The second-order valence-corrected chi connectivity index (χ2v) is 2.42. The first-order valence-corrected chi connectivity index (χ1v) is 4.02. The second kappa shape index (κ2) is 4.50. The molecular formula is C10H12NO2. The van der Waals surface area contributed by atoms with E-state index < -0.39 is 0 Å². The van der Waals surface area contributed by atoms with Crippen LogP contribution in [0.15, 0.2) is 24.3 Å². The number of nitrogens with one attached hydrogen (secondary N) is 1. The van der Waals surface area contributed by atoms with Crippen molar-refractivity contribution in [1.82, 2.24) is 5.32 Å². The molecule has 0 aromatic heterocycles. The number of carbonyl (C=O) groups excluding carboxylic acids is 1. The molecule has 1 amide bonds. The molecule has 0 saturated heterocycles. The maximum atomic E-state index is 11.3. The molecule has 1 radical (unpaired) electrons. The average molecular weight is 178 g/mol. The molecule has 1 aromatic rings. The van der Waals surface area contributed by atoms with Crippen molar-refractivity contribution in [3.8, 4) is 5.75 Å². The van der Waals surface area contributed by atoms with E-state index in [0.717, 1.165) is 0 Å². The van der Waals surface area contributed by atoms with Gasteiger partial charge in [0.1, 0.15) is 5.75 Å². The molecule has 1 rings (SSSR count). The van der Waals surface area contributed by atoms with Gasteiger partial charge in [0.2, 0.25) is 0 Å². The monoisotopic (exact) mass is 178 g/mol. The largest absolute Gasteiger partial charge is 0.493 e. The van der Waals surface area contributed by atoms with Gasteiger partial charge in [-0.25, -0.2) is 0 Å². The Morgan fingerprint density at radius 2 is 2.23 bits per heavy atom. The standard InChI is InChI=1S/C10H12NO2/c1-3-13-9-7-5-4-6-8(9)10(12)11-2/h4-7H,1,3H2,2H3,(H,11,12). The lowest BCUT2D eigenvalue weighted by atomic mass is 10.2. The fourth-order valence-electron chi connectivity index (χ4n) is 1.02. The molecule has 3 heteroatoms. The van der Waals surface area contributed by atoms with E-state index in [2.05, 4.69) is 12.2 Å². The Bertz CT molecular complexity index is 297. The summed E-state index contributed by atoms with van der Waals surface area (Å²) in [4.78, 5) is 11.3. The second-order valence-electron chi connectivity index (χ2n) is 2.42. The van der Waals surface area contributed by atoms with E-state index in [1.807, 2.05) is 6.07 Å². The Labute approximate surface area is 77.7 Å². The third-order valence-corrected chi connectivity index (χ3v) is 1.62. The molecule has 0 spiro atoms. The lowest BCUT2D eigenvalue weighted by molar-refractivity contribution is 0.0959. The average Bonchev–Trinajstić information content (AvgIpc) is 2.18. The molecule has 0 aliphatic rings. The number of rotatable bonds is 3. The molecule has 0 atom stereocenters. The summed E-state index contributed by atoms with van der Waals surface area (Å²) in [5.41, 5.74) is 0.536. The van der Waals surface area contributed by atoms with Crippen LogP contribution in [0, 0.1) is 6.92 Å². The Kier molecular flexibility index (Phi) is 3.31. The minimum absolute atomic E-state index is 0.149. The summed E-state index contributed by atoms with van der Waals surface area (Å²) in [7, 11) is 1.59. The predicted molar refractivity (Wildman–Crippen MR) is 50.7 cm³/mol. The SMILES string of the molecule is [CH2]COc1ccccc1C(=O)NC. The Balaban J connectivity index is 2.97. The smallest absolute Gasteiger partial charge is 0.254 e. The zero-order valence-electron chi connectivity index (χ0n) is 7.54. The van der Waals surface area contributed by atoms with Crippen LogP contribution in [0.3, 0.4) is 0 Å². The molecular weight excluding hydrogens is 166 g/mol. The van der Waals surface area contributed by atoms with E-state index in [4.69, 9.17) is 4.74 Å². The zero-order chi connectivity index (χ0) is 9.68. The predicted octanol–water partition coefficient (Wildman–Crippen LogP) is 1.26. The quantitative estimate of drug-likeness (QED) is 0.756. The fraction of sp³-hybridized carbons (Fsp3) is 0.200. The van der Waals surface area contributed by atoms with E-state index in [-0.39, 0.29) is 5.91 Å². The highest BCUT2D eigenvalue weighted by Gasteiger charge is 2.08. The normalized spacial score (nSPS) is 9.38. The van der Waals surface area contributed by atoms with Crippen LogP contribution in [-0.4, -0.2) is 19.6 Å². The summed E-state index contributed by atoms with van der Waals surface area (Å²) in [5.74, 6) is 0.418. The van der Waals surface area contributed by atoms with Crippen LogP contribution in [0.2, 0.25) is 0 Å². The van der Waals surface area contributed by atoms with Crippen LogP contribution in [0.1, 0.15) is 10.4 Å². The van der Waals surface area contributed by atoms with Gasteiger partial charge in [0.15, 0.2) is 0 Å². The molecule has 0 aliphatic heterocycles. The van der Waals surface area contributed by atoms with Gasteiger partial charge in [-0.15, -0.1) is 0 Å². The minimum Gasteiger partial charge on any atom is -0.493 e. The maximum Gasteiger partial charge on any atom is 0.254 e. The topological polar surface area (TPSA) is 38.3 Å². The van der Waals surface area contributed by atoms with Crippen molar-refractivity contribution in [2.75, 3.05) is 13.7 Å². The molecule has 69 valence electrons. The van der Waals surface area contributed by atoms with E-state index in [1.54, 1.807) is 25.2 Å². The molecule has 13 heavy (non-hydrogen) atoms. The number of carbonyl (C=O) groups is 1. The van der Waals surface area contributed by atoms with Crippen LogP contribution in [0.5, 0.6) is 5.75 Å². The molecule has 0 heterocycles. The van der Waals surface area contributed by atoms with E-state index >= 15 is 0 Å². The number of ether oxygens (including phenoxy) is 1. The van der Waals surface area contributed by atoms with Crippen LogP contribution in [-0.2, 0) is 0 Å². The maximum absolute atomic E-state index is 11.3. The first-order valence-electron chi connectivity index (χ1n) is 4.02. The van der Waals surface area contributed by atoms with Crippen LogP contribution >= 0.6 is 0 Å². The Morgan fingerprint density at radius 3 is 2.85 bits per heavy atom. The highest BCUT2D eigenvalue weighted by Crippen LogP contribution is 2.17. The van der Waals surface area contributed by atoms with E-state index in [1.165, 1.54) is 0 Å². The van der Waals surface area contributed by atoms with Gasteiger partial charge >= 0.3 is 0 Å². The number of hydrogen-bond donors (Lipinski definition) is 1. The first-order chi connectivity index (χ1) is 6.29. The highest BCUT2D eigenvalue weighted by molar-refractivity contribution is 5.96. The van der Waals surface area contributed by atoms with Crippen molar-refractivity contribution in [3.63, 3.8) is 0 Å². The summed E-state index contributed by atoms with van der Waals surface area (Å²) in [6, 6.07) is 7.07. The number of hydrogen-bond acceptors (Lipinski definition) is 2. The van der Waals surface area contributed by atoms with E-state index in [9.17, 15) is 4.79 Å². The third-order valence-electron chi connectivity index (χ3n) is 1.62. The number of amides is 1. The van der Waals surface area contributed by atoms with Gasteiger partial charge in [-0.2, -0.15) is 0 Å². The van der Waals surface area contributed by atoms with Crippen LogP contribution < -0.4 is 10.1 Å².